The van der Waals surface area contributed by atoms with Gasteiger partial charge < -0.3 is 14.5 Å². The lowest BCUT2D eigenvalue weighted by Gasteiger charge is -2.31. The number of hydrogen-bond acceptors (Lipinski definition) is 5. The first kappa shape index (κ1) is 26.8. The standard InChI is InChI=1S/C32H32N2O4S/c1-3-38-32(37)26-15-17-33(18-16-26)30(35)25-13-11-23(12-14-25)20-29-31(36)34(21-24-8-6-7-22(2)19-24)27-9-4-5-10-28(27)39-29/h4-14,19-20,26H,3,15-18,21H2,1-2H3/b29-20+. The molecule has 0 spiro atoms. The fourth-order valence-electron chi connectivity index (χ4n) is 5.05. The van der Waals surface area contributed by atoms with Crippen molar-refractivity contribution in [3.8, 4) is 0 Å². The molecule has 2 aliphatic rings. The Morgan fingerprint density at radius 1 is 1.00 bits per heavy atom. The van der Waals surface area contributed by atoms with Crippen LogP contribution >= 0.6 is 11.8 Å². The van der Waals surface area contributed by atoms with Crippen LogP contribution in [0.15, 0.2) is 82.6 Å². The molecule has 200 valence electrons. The van der Waals surface area contributed by atoms with Gasteiger partial charge in [-0.05, 0) is 68.2 Å². The second-order valence-electron chi connectivity index (χ2n) is 9.90. The number of thioether (sulfide) groups is 1. The lowest BCUT2D eigenvalue weighted by molar-refractivity contribution is -0.149. The summed E-state index contributed by atoms with van der Waals surface area (Å²) in [5.41, 5.74) is 4.62. The molecule has 6 nitrogen and oxygen atoms in total. The molecule has 0 atom stereocenters. The number of piperidine rings is 1. The highest BCUT2D eigenvalue weighted by atomic mass is 32.2. The van der Waals surface area contributed by atoms with Crippen molar-refractivity contribution >= 4 is 41.3 Å². The Kier molecular flexibility index (Phi) is 8.17. The molecular formula is C32H32N2O4S. The largest absolute Gasteiger partial charge is 0.466 e. The summed E-state index contributed by atoms with van der Waals surface area (Å²) in [6.07, 6.45) is 3.13. The number of hydrogen-bond donors (Lipinski definition) is 0. The SMILES string of the molecule is CCOC(=O)C1CCN(C(=O)c2ccc(/C=C3/Sc4ccccc4N(Cc4cccc(C)c4)C3=O)cc2)CC1. The molecule has 7 heteroatoms. The third-order valence-corrected chi connectivity index (χ3v) is 8.19. The zero-order chi connectivity index (χ0) is 27.4. The van der Waals surface area contributed by atoms with Gasteiger partial charge in [0.05, 0.1) is 29.7 Å². The first-order valence-electron chi connectivity index (χ1n) is 13.3. The summed E-state index contributed by atoms with van der Waals surface area (Å²) in [5.74, 6) is -0.385. The molecular weight excluding hydrogens is 508 g/mol. The van der Waals surface area contributed by atoms with Gasteiger partial charge in [0.2, 0.25) is 0 Å². The minimum Gasteiger partial charge on any atom is -0.466 e. The summed E-state index contributed by atoms with van der Waals surface area (Å²) in [7, 11) is 0. The number of amides is 2. The number of fused-ring (bicyclic) bond motifs is 1. The van der Waals surface area contributed by atoms with Crippen molar-refractivity contribution in [2.24, 2.45) is 5.92 Å². The zero-order valence-electron chi connectivity index (χ0n) is 22.3. The van der Waals surface area contributed by atoms with E-state index in [1.54, 1.807) is 11.8 Å². The molecule has 3 aromatic carbocycles. The van der Waals surface area contributed by atoms with Crippen molar-refractivity contribution in [1.82, 2.24) is 4.90 Å². The molecule has 0 aliphatic carbocycles. The van der Waals surface area contributed by atoms with Gasteiger partial charge in [0.15, 0.2) is 0 Å². The van der Waals surface area contributed by atoms with Crippen LogP contribution in [0, 0.1) is 12.8 Å². The predicted molar refractivity (Wildman–Crippen MR) is 154 cm³/mol. The molecule has 0 N–H and O–H groups in total. The molecule has 2 heterocycles. The predicted octanol–water partition coefficient (Wildman–Crippen LogP) is 6.09. The van der Waals surface area contributed by atoms with E-state index in [9.17, 15) is 14.4 Å². The summed E-state index contributed by atoms with van der Waals surface area (Å²) < 4.78 is 5.13. The van der Waals surface area contributed by atoms with Crippen LogP contribution in [0.25, 0.3) is 6.08 Å². The maximum Gasteiger partial charge on any atom is 0.309 e. The summed E-state index contributed by atoms with van der Waals surface area (Å²) in [4.78, 5) is 44.0. The summed E-state index contributed by atoms with van der Waals surface area (Å²) in [5, 5.41) is 0. The van der Waals surface area contributed by atoms with Crippen LogP contribution in [-0.4, -0.2) is 42.4 Å². The third-order valence-electron chi connectivity index (χ3n) is 7.11. The van der Waals surface area contributed by atoms with E-state index in [-0.39, 0.29) is 23.7 Å². The molecule has 0 unspecified atom stereocenters. The Morgan fingerprint density at radius 3 is 2.46 bits per heavy atom. The van der Waals surface area contributed by atoms with E-state index in [2.05, 4.69) is 19.1 Å². The molecule has 0 saturated carbocycles. The van der Waals surface area contributed by atoms with Crippen molar-refractivity contribution in [3.05, 3.63) is 100.0 Å². The fraction of sp³-hybridized carbons (Fsp3) is 0.281. The number of ether oxygens (including phenoxy) is 1. The van der Waals surface area contributed by atoms with Gasteiger partial charge in [-0.2, -0.15) is 0 Å². The summed E-state index contributed by atoms with van der Waals surface area (Å²) in [6, 6.07) is 23.6. The van der Waals surface area contributed by atoms with E-state index in [0.29, 0.717) is 49.6 Å². The fourth-order valence-corrected chi connectivity index (χ4v) is 6.11. The Morgan fingerprint density at radius 2 is 1.74 bits per heavy atom. The molecule has 2 amide bonds. The molecule has 5 rings (SSSR count). The van der Waals surface area contributed by atoms with Crippen LogP contribution in [0.5, 0.6) is 0 Å². The monoisotopic (exact) mass is 540 g/mol. The van der Waals surface area contributed by atoms with Crippen molar-refractivity contribution < 1.29 is 19.1 Å². The van der Waals surface area contributed by atoms with E-state index >= 15 is 0 Å². The normalized spacial score (nSPS) is 16.8. The number of likely N-dealkylation sites (tertiary alicyclic amines) is 1. The van der Waals surface area contributed by atoms with Gasteiger partial charge in [-0.15, -0.1) is 0 Å². The van der Waals surface area contributed by atoms with Gasteiger partial charge in [-0.25, -0.2) is 0 Å². The van der Waals surface area contributed by atoms with Crippen LogP contribution in [-0.2, 0) is 20.9 Å². The lowest BCUT2D eigenvalue weighted by Crippen LogP contribution is -2.40. The van der Waals surface area contributed by atoms with E-state index in [1.165, 1.54) is 11.8 Å². The smallest absolute Gasteiger partial charge is 0.309 e. The molecule has 0 radical (unpaired) electrons. The lowest BCUT2D eigenvalue weighted by atomic mass is 9.96. The third kappa shape index (κ3) is 6.09. The average Bonchev–Trinajstić information content (AvgIpc) is 2.95. The van der Waals surface area contributed by atoms with Gasteiger partial charge in [0.1, 0.15) is 0 Å². The maximum absolute atomic E-state index is 13.6. The molecule has 2 aliphatic heterocycles. The quantitative estimate of drug-likeness (QED) is 0.280. The minimum atomic E-state index is -0.169. The topological polar surface area (TPSA) is 66.9 Å². The average molecular weight is 541 g/mol. The van der Waals surface area contributed by atoms with E-state index in [4.69, 9.17) is 4.74 Å². The highest BCUT2D eigenvalue weighted by Crippen LogP contribution is 2.42. The maximum atomic E-state index is 13.6. The second-order valence-corrected chi connectivity index (χ2v) is 11.0. The number of carbonyl (C=O) groups is 3. The van der Waals surface area contributed by atoms with Gasteiger partial charge in [-0.3, -0.25) is 14.4 Å². The summed E-state index contributed by atoms with van der Waals surface area (Å²) >= 11 is 1.47. The molecule has 1 saturated heterocycles. The van der Waals surface area contributed by atoms with Crippen molar-refractivity contribution in [2.45, 2.75) is 38.1 Å². The van der Waals surface area contributed by atoms with Gasteiger partial charge in [-0.1, -0.05) is 65.9 Å². The Bertz CT molecular complexity index is 1410. The number of anilines is 1. The molecule has 39 heavy (non-hydrogen) atoms. The van der Waals surface area contributed by atoms with E-state index in [0.717, 1.165) is 27.3 Å². The van der Waals surface area contributed by atoms with Crippen LogP contribution in [0.3, 0.4) is 0 Å². The van der Waals surface area contributed by atoms with Crippen LogP contribution < -0.4 is 4.90 Å². The highest BCUT2D eigenvalue weighted by molar-refractivity contribution is 8.04. The molecule has 1 fully saturated rings. The highest BCUT2D eigenvalue weighted by Gasteiger charge is 2.30. The van der Waals surface area contributed by atoms with E-state index < -0.39 is 0 Å². The molecule has 3 aromatic rings. The Balaban J connectivity index is 1.30. The van der Waals surface area contributed by atoms with Crippen molar-refractivity contribution in [1.29, 1.82) is 0 Å². The summed E-state index contributed by atoms with van der Waals surface area (Å²) in [6.45, 7) is 5.80. The molecule has 0 bridgehead atoms. The number of benzene rings is 3. The molecule has 0 aromatic heterocycles. The van der Waals surface area contributed by atoms with Gasteiger partial charge in [0, 0.05) is 23.5 Å². The van der Waals surface area contributed by atoms with Crippen LogP contribution in [0.1, 0.15) is 46.8 Å². The first-order valence-corrected chi connectivity index (χ1v) is 14.2. The number of rotatable bonds is 6. The number of carbonyl (C=O) groups excluding carboxylic acids is 3. The van der Waals surface area contributed by atoms with Gasteiger partial charge >= 0.3 is 5.97 Å². The zero-order valence-corrected chi connectivity index (χ0v) is 23.1. The number of esters is 1. The van der Waals surface area contributed by atoms with Crippen LogP contribution in [0.2, 0.25) is 0 Å². The number of aryl methyl sites for hydroxylation is 1. The van der Waals surface area contributed by atoms with Crippen LogP contribution in [0.4, 0.5) is 5.69 Å². The second kappa shape index (κ2) is 11.9. The Hall–Kier alpha value is -3.84. The van der Waals surface area contributed by atoms with Gasteiger partial charge in [0.25, 0.3) is 11.8 Å². The minimum absolute atomic E-state index is 0.0372. The Labute approximate surface area is 233 Å². The van der Waals surface area contributed by atoms with E-state index in [1.807, 2.05) is 71.6 Å². The van der Waals surface area contributed by atoms with Crippen molar-refractivity contribution in [3.63, 3.8) is 0 Å². The van der Waals surface area contributed by atoms with Crippen molar-refractivity contribution in [2.75, 3.05) is 24.6 Å². The first-order chi connectivity index (χ1) is 18.9. The number of nitrogens with zero attached hydrogens (tertiary/aromatic N) is 2. The number of para-hydroxylation sites is 1.